The number of rotatable bonds is 3. The molecule has 10 rings (SSSR count). The Balaban J connectivity index is 1.38. The molecule has 6 aromatic carbocycles. The molecule has 0 bridgehead atoms. The Morgan fingerprint density at radius 3 is 0.957 bits per heavy atom. The first-order chi connectivity index (χ1) is 22.7. The van der Waals surface area contributed by atoms with Crippen molar-refractivity contribution in [2.75, 3.05) is 0 Å². The van der Waals surface area contributed by atoms with Crippen molar-refractivity contribution < 1.29 is 0 Å². The van der Waals surface area contributed by atoms with E-state index in [-0.39, 0.29) is 0 Å². The lowest BCUT2D eigenvalue weighted by atomic mass is 10.2. The Morgan fingerprint density at radius 1 is 0.326 bits per heavy atom. The summed E-state index contributed by atoms with van der Waals surface area (Å²) in [7, 11) is 0. The first-order valence-electron chi connectivity index (χ1n) is 15.2. The fourth-order valence-electron chi connectivity index (χ4n) is 7.08. The average molecular weight is 656 g/mol. The molecule has 0 N–H and O–H groups in total. The van der Waals surface area contributed by atoms with Crippen LogP contribution >= 0.6 is 15.9 Å². The van der Waals surface area contributed by atoms with Gasteiger partial charge in [0.05, 0.1) is 33.1 Å². The van der Waals surface area contributed by atoms with E-state index in [9.17, 15) is 0 Å². The lowest BCUT2D eigenvalue weighted by molar-refractivity contribution is 0.848. The third-order valence-electron chi connectivity index (χ3n) is 8.99. The van der Waals surface area contributed by atoms with Crippen molar-refractivity contribution in [1.29, 1.82) is 0 Å². The van der Waals surface area contributed by atoms with Crippen molar-refractivity contribution in [3.8, 4) is 17.8 Å². The first kappa shape index (κ1) is 25.5. The third-order valence-corrected chi connectivity index (χ3v) is 9.49. The molecule has 0 saturated carbocycles. The van der Waals surface area contributed by atoms with Gasteiger partial charge in [-0.1, -0.05) is 107 Å². The summed E-state index contributed by atoms with van der Waals surface area (Å²) in [5, 5.41) is 6.87. The SMILES string of the molecule is Brc1ccc2c(c1)c1ccccc1n2-c1nc(-n2c3ccccc3c3ccccc32)nc(-n2c3ccccc3c3ccccc32)n1. The number of hydrogen-bond acceptors (Lipinski definition) is 3. The standard InChI is InChI=1S/C39H23BrN6/c40-24-21-22-36-30(23-24)29-15-5-10-20-35(29)46(36)39-42-37(44-31-16-6-1-11-25(31)26-12-2-7-17-32(26)44)41-38(43-39)45-33-18-8-3-13-27(33)28-14-4-9-19-34(28)45/h1-23H. The van der Waals surface area contributed by atoms with Crippen LogP contribution in [0.2, 0.25) is 0 Å². The molecule has 0 spiro atoms. The van der Waals surface area contributed by atoms with Crippen molar-refractivity contribution in [1.82, 2.24) is 28.7 Å². The summed E-state index contributed by atoms with van der Waals surface area (Å²) >= 11 is 3.69. The molecule has 0 aliphatic carbocycles. The van der Waals surface area contributed by atoms with Crippen LogP contribution in [0.15, 0.2) is 144 Å². The highest BCUT2D eigenvalue weighted by molar-refractivity contribution is 9.10. The molecule has 4 aromatic heterocycles. The topological polar surface area (TPSA) is 53.5 Å². The maximum Gasteiger partial charge on any atom is 0.241 e. The summed E-state index contributed by atoms with van der Waals surface area (Å²) in [6.45, 7) is 0. The highest BCUT2D eigenvalue weighted by Gasteiger charge is 2.22. The third kappa shape index (κ3) is 3.54. The van der Waals surface area contributed by atoms with Gasteiger partial charge in [-0.2, -0.15) is 15.0 Å². The van der Waals surface area contributed by atoms with Gasteiger partial charge in [0.1, 0.15) is 0 Å². The van der Waals surface area contributed by atoms with Crippen LogP contribution in [0.5, 0.6) is 0 Å². The van der Waals surface area contributed by atoms with E-state index in [0.717, 1.165) is 69.9 Å². The molecular formula is C39H23BrN6. The Morgan fingerprint density at radius 2 is 0.609 bits per heavy atom. The summed E-state index contributed by atoms with van der Waals surface area (Å²) in [4.78, 5) is 15.9. The van der Waals surface area contributed by atoms with Crippen molar-refractivity contribution >= 4 is 81.3 Å². The van der Waals surface area contributed by atoms with E-state index < -0.39 is 0 Å². The minimum absolute atomic E-state index is 0.553. The Labute approximate surface area is 270 Å². The molecule has 0 amide bonds. The van der Waals surface area contributed by atoms with Gasteiger partial charge in [-0.05, 0) is 48.5 Å². The predicted molar refractivity (Wildman–Crippen MR) is 191 cm³/mol. The van der Waals surface area contributed by atoms with Gasteiger partial charge in [-0.3, -0.25) is 13.7 Å². The lowest BCUT2D eigenvalue weighted by Gasteiger charge is -2.14. The van der Waals surface area contributed by atoms with Gasteiger partial charge in [0.25, 0.3) is 0 Å². The summed E-state index contributed by atoms with van der Waals surface area (Å²) in [6.07, 6.45) is 0. The van der Waals surface area contributed by atoms with Crippen LogP contribution in [0.4, 0.5) is 0 Å². The quantitative estimate of drug-likeness (QED) is 0.190. The first-order valence-corrected chi connectivity index (χ1v) is 16.0. The maximum atomic E-state index is 5.29. The van der Waals surface area contributed by atoms with Crippen LogP contribution in [0.3, 0.4) is 0 Å². The molecule has 0 aliphatic heterocycles. The van der Waals surface area contributed by atoms with E-state index in [1.165, 1.54) is 0 Å². The van der Waals surface area contributed by atoms with Crippen LogP contribution in [0, 0.1) is 0 Å². The summed E-state index contributed by atoms with van der Waals surface area (Å²) in [5.74, 6) is 1.67. The normalized spacial score (nSPS) is 12.0. The Kier molecular flexibility index (Phi) is 5.33. The second kappa shape index (κ2) is 9.60. The van der Waals surface area contributed by atoms with Gasteiger partial charge in [0.15, 0.2) is 0 Å². The molecule has 4 heterocycles. The van der Waals surface area contributed by atoms with Gasteiger partial charge in [0.2, 0.25) is 17.8 Å². The van der Waals surface area contributed by atoms with Crippen LogP contribution in [-0.4, -0.2) is 28.7 Å². The van der Waals surface area contributed by atoms with Gasteiger partial charge >= 0.3 is 0 Å². The number of fused-ring (bicyclic) bond motifs is 9. The second-order valence-corrected chi connectivity index (χ2v) is 12.4. The van der Waals surface area contributed by atoms with E-state index in [0.29, 0.717) is 17.8 Å². The van der Waals surface area contributed by atoms with Gasteiger partial charge in [-0.15, -0.1) is 0 Å². The molecule has 216 valence electrons. The smallest absolute Gasteiger partial charge is 0.241 e. The van der Waals surface area contributed by atoms with Crippen LogP contribution < -0.4 is 0 Å². The van der Waals surface area contributed by atoms with Crippen LogP contribution in [-0.2, 0) is 0 Å². The number of nitrogens with zero attached hydrogens (tertiary/aromatic N) is 6. The largest absolute Gasteiger partial charge is 0.278 e. The number of halogens is 1. The van der Waals surface area contributed by atoms with Gasteiger partial charge in [0, 0.05) is 36.8 Å². The number of benzene rings is 6. The molecule has 0 fully saturated rings. The molecule has 0 saturated heterocycles. The second-order valence-electron chi connectivity index (χ2n) is 11.5. The van der Waals surface area contributed by atoms with E-state index in [1.54, 1.807) is 0 Å². The molecule has 0 radical (unpaired) electrons. The summed E-state index contributed by atoms with van der Waals surface area (Å²) < 4.78 is 7.51. The molecule has 0 aliphatic rings. The fraction of sp³-hybridized carbons (Fsp3) is 0. The summed E-state index contributed by atoms with van der Waals surface area (Å²) in [6, 6.07) is 48.6. The molecule has 6 nitrogen and oxygen atoms in total. The van der Waals surface area contributed by atoms with Crippen molar-refractivity contribution in [2.24, 2.45) is 0 Å². The Bertz CT molecular complexity index is 2600. The molecule has 7 heteroatoms. The molecule has 0 unspecified atom stereocenters. The van der Waals surface area contributed by atoms with Crippen molar-refractivity contribution in [3.63, 3.8) is 0 Å². The minimum atomic E-state index is 0.553. The van der Waals surface area contributed by atoms with E-state index in [4.69, 9.17) is 15.0 Å². The average Bonchev–Trinajstić information content (AvgIpc) is 3.74. The monoisotopic (exact) mass is 654 g/mol. The number of hydrogen-bond donors (Lipinski definition) is 0. The van der Waals surface area contributed by atoms with Crippen LogP contribution in [0.25, 0.3) is 83.3 Å². The highest BCUT2D eigenvalue weighted by atomic mass is 79.9. The highest BCUT2D eigenvalue weighted by Crippen LogP contribution is 2.36. The maximum absolute atomic E-state index is 5.29. The molecular weight excluding hydrogens is 632 g/mol. The molecule has 10 aromatic rings. The van der Waals surface area contributed by atoms with Gasteiger partial charge < -0.3 is 0 Å². The van der Waals surface area contributed by atoms with Crippen molar-refractivity contribution in [3.05, 3.63) is 144 Å². The zero-order valence-corrected chi connectivity index (χ0v) is 25.9. The lowest BCUT2D eigenvalue weighted by Crippen LogP contribution is -2.13. The zero-order chi connectivity index (χ0) is 30.4. The Hall–Kier alpha value is -5.79. The fourth-order valence-corrected chi connectivity index (χ4v) is 7.44. The van der Waals surface area contributed by atoms with Crippen LogP contribution in [0.1, 0.15) is 0 Å². The number of para-hydroxylation sites is 5. The summed E-state index contributed by atoms with van der Waals surface area (Å²) in [5.41, 5.74) is 6.22. The molecule has 46 heavy (non-hydrogen) atoms. The van der Waals surface area contributed by atoms with E-state index in [1.807, 2.05) is 0 Å². The van der Waals surface area contributed by atoms with E-state index >= 15 is 0 Å². The molecule has 0 atom stereocenters. The zero-order valence-electron chi connectivity index (χ0n) is 24.3. The predicted octanol–water partition coefficient (Wildman–Crippen LogP) is 9.93. The van der Waals surface area contributed by atoms with E-state index in [2.05, 4.69) is 169 Å². The van der Waals surface area contributed by atoms with Crippen molar-refractivity contribution in [2.45, 2.75) is 0 Å². The minimum Gasteiger partial charge on any atom is -0.278 e. The van der Waals surface area contributed by atoms with Gasteiger partial charge in [-0.25, -0.2) is 0 Å². The number of aromatic nitrogens is 6.